The van der Waals surface area contributed by atoms with Crippen LogP contribution in [-0.2, 0) is 11.2 Å². The predicted molar refractivity (Wildman–Crippen MR) is 86.2 cm³/mol. The Morgan fingerprint density at radius 1 is 1.19 bits per heavy atom. The third kappa shape index (κ3) is 2.88. The molecule has 26 heavy (non-hydrogen) atoms. The van der Waals surface area contributed by atoms with Crippen LogP contribution in [0.25, 0.3) is 0 Å². The summed E-state index contributed by atoms with van der Waals surface area (Å²) in [7, 11) is 0. The molecule has 1 aromatic carbocycles. The fraction of sp³-hybridized carbons (Fsp3) is 0.444. The molecule has 2 heterocycles. The van der Waals surface area contributed by atoms with Gasteiger partial charge in [0.1, 0.15) is 0 Å². The molecule has 0 bridgehead atoms. The van der Waals surface area contributed by atoms with E-state index < -0.39 is 23.5 Å². The van der Waals surface area contributed by atoms with Crippen molar-refractivity contribution in [2.75, 3.05) is 13.2 Å². The highest BCUT2D eigenvalue weighted by Gasteiger charge is 2.31. The second-order valence-corrected chi connectivity index (χ2v) is 6.70. The molecule has 138 valence electrons. The molecule has 0 spiro atoms. The van der Waals surface area contributed by atoms with Gasteiger partial charge in [0.25, 0.3) is 5.91 Å². The van der Waals surface area contributed by atoms with E-state index in [1.54, 1.807) is 0 Å². The lowest BCUT2D eigenvalue weighted by Gasteiger charge is -2.22. The summed E-state index contributed by atoms with van der Waals surface area (Å²) in [5.74, 6) is -4.07. The van der Waals surface area contributed by atoms with Crippen molar-refractivity contribution in [3.05, 3.63) is 52.1 Å². The van der Waals surface area contributed by atoms with Crippen molar-refractivity contribution in [3.8, 4) is 0 Å². The van der Waals surface area contributed by atoms with Gasteiger partial charge < -0.3 is 10.1 Å². The molecule has 1 unspecified atom stereocenters. The predicted octanol–water partition coefficient (Wildman–Crippen LogP) is 3.14. The van der Waals surface area contributed by atoms with Crippen molar-refractivity contribution in [1.29, 1.82) is 0 Å². The lowest BCUT2D eigenvalue weighted by atomic mass is 9.93. The quantitative estimate of drug-likeness (QED) is 0.822. The summed E-state index contributed by atoms with van der Waals surface area (Å²) in [6.45, 7) is 1.26. The Morgan fingerprint density at radius 3 is 2.73 bits per heavy atom. The lowest BCUT2D eigenvalue weighted by molar-refractivity contribution is 0.0831. The molecule has 1 saturated heterocycles. The Kier molecular flexibility index (Phi) is 4.44. The van der Waals surface area contributed by atoms with Crippen LogP contribution in [0.5, 0.6) is 0 Å². The van der Waals surface area contributed by atoms with Crippen molar-refractivity contribution in [2.45, 2.75) is 37.6 Å². The van der Waals surface area contributed by atoms with Crippen molar-refractivity contribution in [1.82, 2.24) is 15.5 Å². The molecule has 1 fully saturated rings. The van der Waals surface area contributed by atoms with E-state index >= 15 is 0 Å². The van der Waals surface area contributed by atoms with Crippen LogP contribution < -0.4 is 5.32 Å². The van der Waals surface area contributed by atoms with Gasteiger partial charge in [0.15, 0.2) is 17.5 Å². The first-order chi connectivity index (χ1) is 12.6. The number of rotatable bonds is 3. The number of halogens is 3. The van der Waals surface area contributed by atoms with Crippen LogP contribution in [0.1, 0.15) is 58.4 Å². The first-order valence-electron chi connectivity index (χ1n) is 8.64. The van der Waals surface area contributed by atoms with Gasteiger partial charge in [0.05, 0.1) is 23.5 Å². The van der Waals surface area contributed by atoms with Gasteiger partial charge in [-0.2, -0.15) is 5.10 Å². The zero-order chi connectivity index (χ0) is 18.3. The average Bonchev–Trinajstić information content (AvgIpc) is 3.28. The number of hydrogen-bond donors (Lipinski definition) is 2. The molecule has 4 rings (SSSR count). The molecule has 0 radical (unpaired) electrons. The summed E-state index contributed by atoms with van der Waals surface area (Å²) in [5.41, 5.74) is 1.60. The Balaban J connectivity index is 1.55. The van der Waals surface area contributed by atoms with Crippen LogP contribution in [0.3, 0.4) is 0 Å². The molecule has 1 aliphatic carbocycles. The van der Waals surface area contributed by atoms with Crippen LogP contribution in [-0.4, -0.2) is 29.3 Å². The number of hydrogen-bond acceptors (Lipinski definition) is 3. The molecule has 5 nitrogen and oxygen atoms in total. The van der Waals surface area contributed by atoms with E-state index in [1.165, 1.54) is 6.20 Å². The maximum absolute atomic E-state index is 13.9. The zero-order valence-electron chi connectivity index (χ0n) is 13.9. The molecule has 2 N–H and O–H groups in total. The molecule has 1 aromatic heterocycles. The Bertz CT molecular complexity index is 846. The third-order valence-corrected chi connectivity index (χ3v) is 5.20. The number of aromatic amines is 1. The number of benzene rings is 1. The monoisotopic (exact) mass is 365 g/mol. The van der Waals surface area contributed by atoms with E-state index in [0.29, 0.717) is 30.8 Å². The average molecular weight is 365 g/mol. The van der Waals surface area contributed by atoms with Gasteiger partial charge in [-0.1, -0.05) is 0 Å². The van der Waals surface area contributed by atoms with E-state index in [2.05, 4.69) is 15.5 Å². The Labute approximate surface area is 147 Å². The van der Waals surface area contributed by atoms with Crippen molar-refractivity contribution < 1.29 is 22.7 Å². The van der Waals surface area contributed by atoms with Gasteiger partial charge in [-0.15, -0.1) is 0 Å². The number of carbonyl (C=O) groups is 1. The van der Waals surface area contributed by atoms with Crippen LogP contribution in [0, 0.1) is 17.5 Å². The zero-order valence-corrected chi connectivity index (χ0v) is 13.9. The summed E-state index contributed by atoms with van der Waals surface area (Å²) < 4.78 is 46.2. The van der Waals surface area contributed by atoms with Crippen LogP contribution >= 0.6 is 0 Å². The van der Waals surface area contributed by atoms with Crippen LogP contribution in [0.4, 0.5) is 13.2 Å². The number of nitrogens with zero attached hydrogens (tertiary/aromatic N) is 1. The highest BCUT2D eigenvalue weighted by molar-refractivity contribution is 5.95. The van der Waals surface area contributed by atoms with Gasteiger partial charge in [0.2, 0.25) is 0 Å². The number of nitrogens with one attached hydrogen (secondary N) is 2. The van der Waals surface area contributed by atoms with E-state index in [-0.39, 0.29) is 23.8 Å². The maximum Gasteiger partial charge on any atom is 0.255 e. The lowest BCUT2D eigenvalue weighted by Crippen LogP contribution is -2.28. The number of amides is 1. The van der Waals surface area contributed by atoms with Crippen LogP contribution in [0.2, 0.25) is 0 Å². The maximum atomic E-state index is 13.9. The summed E-state index contributed by atoms with van der Waals surface area (Å²) in [6, 6.07) is 0.417. The number of aromatic nitrogens is 2. The smallest absolute Gasteiger partial charge is 0.255 e. The van der Waals surface area contributed by atoms with Crippen molar-refractivity contribution in [2.24, 2.45) is 0 Å². The number of carbonyl (C=O) groups excluding carboxylic acids is 1. The topological polar surface area (TPSA) is 67.0 Å². The highest BCUT2D eigenvalue weighted by atomic mass is 19.2. The normalized spacial score (nSPS) is 20.2. The van der Waals surface area contributed by atoms with E-state index in [4.69, 9.17) is 4.74 Å². The minimum Gasteiger partial charge on any atom is -0.381 e. The van der Waals surface area contributed by atoms with Gasteiger partial charge in [-0.05, 0) is 42.9 Å². The highest BCUT2D eigenvalue weighted by Crippen LogP contribution is 2.35. The van der Waals surface area contributed by atoms with Gasteiger partial charge >= 0.3 is 0 Å². The fourth-order valence-electron chi connectivity index (χ4n) is 3.82. The SMILES string of the molecule is O=C(NC1CCc2c1cc(F)c(F)c2F)c1cn[nH]c1C1CCOCC1. The molecule has 1 atom stereocenters. The van der Waals surface area contributed by atoms with Gasteiger partial charge in [0, 0.05) is 19.1 Å². The molecule has 2 aliphatic rings. The molecule has 2 aromatic rings. The van der Waals surface area contributed by atoms with Gasteiger partial charge in [-0.3, -0.25) is 9.89 Å². The third-order valence-electron chi connectivity index (χ3n) is 5.20. The van der Waals surface area contributed by atoms with Crippen molar-refractivity contribution >= 4 is 5.91 Å². The molecule has 0 saturated carbocycles. The van der Waals surface area contributed by atoms with Crippen LogP contribution in [0.15, 0.2) is 12.3 Å². The Morgan fingerprint density at radius 2 is 1.96 bits per heavy atom. The number of ether oxygens (including phenoxy) is 1. The molecular weight excluding hydrogens is 347 g/mol. The minimum atomic E-state index is -1.47. The first kappa shape index (κ1) is 17.1. The summed E-state index contributed by atoms with van der Waals surface area (Å²) in [4.78, 5) is 12.7. The summed E-state index contributed by atoms with van der Waals surface area (Å²) in [6.07, 6.45) is 3.70. The summed E-state index contributed by atoms with van der Waals surface area (Å²) in [5, 5.41) is 9.68. The van der Waals surface area contributed by atoms with E-state index in [0.717, 1.165) is 24.6 Å². The molecular formula is C18H18F3N3O2. The second-order valence-electron chi connectivity index (χ2n) is 6.70. The van der Waals surface area contributed by atoms with Crippen molar-refractivity contribution in [3.63, 3.8) is 0 Å². The number of H-pyrrole nitrogens is 1. The molecule has 1 aliphatic heterocycles. The number of fused-ring (bicyclic) bond motifs is 1. The molecule has 1 amide bonds. The van der Waals surface area contributed by atoms with Gasteiger partial charge in [-0.25, -0.2) is 13.2 Å². The summed E-state index contributed by atoms with van der Waals surface area (Å²) >= 11 is 0. The standard InChI is InChI=1S/C18H18F3N3O2/c19-13-7-11-10(15(20)16(13)21)1-2-14(11)23-18(25)12-8-22-24-17(12)9-3-5-26-6-4-9/h7-9,14H,1-6H2,(H,22,24)(H,23,25). The second kappa shape index (κ2) is 6.75. The minimum absolute atomic E-state index is 0.131. The Hall–Kier alpha value is -2.35. The van der Waals surface area contributed by atoms with E-state index in [1.807, 2.05) is 0 Å². The largest absolute Gasteiger partial charge is 0.381 e. The fourth-order valence-corrected chi connectivity index (χ4v) is 3.82. The molecule has 8 heteroatoms. The first-order valence-corrected chi connectivity index (χ1v) is 8.64. The van der Waals surface area contributed by atoms with E-state index in [9.17, 15) is 18.0 Å².